The molecule has 13 rings (SSSR count). The molecule has 0 radical (unpaired) electrons. The van der Waals surface area contributed by atoms with Gasteiger partial charge in [0.05, 0.1) is 27.6 Å². The highest BCUT2D eigenvalue weighted by molar-refractivity contribution is 6.23. The minimum absolute atomic E-state index is 0.0106. The predicted octanol–water partition coefficient (Wildman–Crippen LogP) is 6.20. The van der Waals surface area contributed by atoms with Gasteiger partial charge in [-0.25, -0.2) is 13.2 Å². The van der Waals surface area contributed by atoms with Crippen molar-refractivity contribution in [2.75, 3.05) is 75.3 Å². The fourth-order valence-corrected chi connectivity index (χ4v) is 14.4. The number of fused-ring (bicyclic) bond motifs is 6. The first-order valence-corrected chi connectivity index (χ1v) is 27.0. The number of ether oxygens (including phenoxy) is 1. The molecular formula is C57H59F3N10O6. The van der Waals surface area contributed by atoms with Crippen LogP contribution in [0.15, 0.2) is 48.7 Å². The summed E-state index contributed by atoms with van der Waals surface area (Å²) in [6, 6.07) is 10.8. The number of aromatic nitrogens is 3. The highest BCUT2D eigenvalue weighted by Crippen LogP contribution is 2.44. The van der Waals surface area contributed by atoms with E-state index in [1.807, 2.05) is 6.07 Å². The zero-order valence-electron chi connectivity index (χ0n) is 42.2. The van der Waals surface area contributed by atoms with E-state index in [4.69, 9.17) is 21.1 Å². The Morgan fingerprint density at radius 3 is 2.37 bits per heavy atom. The zero-order valence-corrected chi connectivity index (χ0v) is 42.2. The van der Waals surface area contributed by atoms with Crippen LogP contribution in [0, 0.1) is 29.9 Å². The third-order valence-corrected chi connectivity index (χ3v) is 18.1. The average molecular weight is 1040 g/mol. The molecule has 2 aromatic heterocycles. The number of hydrogen-bond donors (Lipinski definition) is 2. The number of imide groups is 2. The molecule has 4 amide bonds. The number of nitrogens with zero attached hydrogens (tertiary/aromatic N) is 9. The lowest BCUT2D eigenvalue weighted by molar-refractivity contribution is -0.136. The van der Waals surface area contributed by atoms with Crippen molar-refractivity contribution < 1.29 is 42.2 Å². The number of carbonyl (C=O) groups is 4. The molecule has 19 heteroatoms. The Morgan fingerprint density at radius 2 is 1.61 bits per heavy atom. The van der Waals surface area contributed by atoms with Crippen LogP contribution in [0.1, 0.15) is 96.9 Å². The molecule has 76 heavy (non-hydrogen) atoms. The molecule has 7 saturated heterocycles. The van der Waals surface area contributed by atoms with Gasteiger partial charge in [-0.15, -0.1) is 6.42 Å². The Kier molecular flexibility index (Phi) is 12.2. The van der Waals surface area contributed by atoms with E-state index in [-0.39, 0.29) is 76.6 Å². The van der Waals surface area contributed by atoms with Crippen molar-refractivity contribution in [3.63, 3.8) is 0 Å². The number of phenols is 1. The van der Waals surface area contributed by atoms with Gasteiger partial charge in [0.1, 0.15) is 47.4 Å². The largest absolute Gasteiger partial charge is 0.508 e. The number of anilines is 2. The molecule has 0 spiro atoms. The first-order chi connectivity index (χ1) is 36.8. The summed E-state index contributed by atoms with van der Waals surface area (Å²) < 4.78 is 53.8. The van der Waals surface area contributed by atoms with Crippen LogP contribution in [0.4, 0.5) is 24.7 Å². The van der Waals surface area contributed by atoms with E-state index >= 15 is 8.78 Å². The van der Waals surface area contributed by atoms with Crippen molar-refractivity contribution in [3.8, 4) is 35.4 Å². The highest BCUT2D eigenvalue weighted by Gasteiger charge is 2.50. The lowest BCUT2D eigenvalue weighted by Gasteiger charge is -2.48. The lowest BCUT2D eigenvalue weighted by Crippen LogP contribution is -2.59. The molecule has 5 aromatic rings. The Balaban J connectivity index is 0.684. The number of phenolic OH excluding ortho intramolecular Hbond substituents is 1. The van der Waals surface area contributed by atoms with Gasteiger partial charge in [-0.3, -0.25) is 44.2 Å². The van der Waals surface area contributed by atoms with E-state index in [9.17, 15) is 28.7 Å². The molecule has 2 bridgehead atoms. The Bertz CT molecular complexity index is 3270. The summed E-state index contributed by atoms with van der Waals surface area (Å²) >= 11 is 0. The van der Waals surface area contributed by atoms with Gasteiger partial charge in [-0.05, 0) is 125 Å². The number of aromatic hydroxyl groups is 1. The standard InChI is InChI=1S/C57H59F3N10O6/c1-2-40-45(59)9-4-33-22-39(71)24-43(48(33)40)50-49(60)51-44(26-61-50)52(64-56(63-51)76-31-57-16-3-17-68(57)28-34(58)25-57)67-29-37-5-6-38(30-67)69(37)35-14-18-65(19-15-35)27-32-12-20-66(21-13-32)36-7-8-41-42(23-36)55(75)70(54(41)74)46-10-11-47(72)62-53(46)73/h1,4,7-9,22-24,26,32,34-35,37-38,46,71H,3,5-6,10-21,25,27-31H2,(H,62,72,73)/t34-,37?,38?,46?,57+/m1/s1. The Labute approximate surface area is 437 Å². The van der Waals surface area contributed by atoms with Crippen LogP contribution in [-0.4, -0.2) is 165 Å². The molecule has 394 valence electrons. The molecule has 8 aliphatic rings. The Hall–Kier alpha value is -6.88. The fraction of sp³-hybridized carbons (Fsp3) is 0.491. The van der Waals surface area contributed by atoms with Crippen LogP contribution >= 0.6 is 0 Å². The van der Waals surface area contributed by atoms with Gasteiger partial charge in [0, 0.05) is 93.1 Å². The van der Waals surface area contributed by atoms with Crippen molar-refractivity contribution in [2.45, 2.75) is 107 Å². The van der Waals surface area contributed by atoms with Gasteiger partial charge in [0.15, 0.2) is 5.82 Å². The number of piperidine rings is 3. The number of pyridine rings is 1. The normalized spacial score (nSPS) is 26.7. The van der Waals surface area contributed by atoms with Gasteiger partial charge in [-0.1, -0.05) is 12.0 Å². The number of nitrogens with one attached hydrogen (secondary N) is 1. The van der Waals surface area contributed by atoms with E-state index < -0.39 is 53.0 Å². The van der Waals surface area contributed by atoms with Crippen LogP contribution in [-0.2, 0) is 9.59 Å². The number of rotatable bonds is 10. The number of terminal acetylenes is 1. The summed E-state index contributed by atoms with van der Waals surface area (Å²) in [7, 11) is 0. The smallest absolute Gasteiger partial charge is 0.319 e. The molecule has 16 nitrogen and oxygen atoms in total. The van der Waals surface area contributed by atoms with Crippen LogP contribution < -0.4 is 19.9 Å². The van der Waals surface area contributed by atoms with Crippen molar-refractivity contribution >= 4 is 56.8 Å². The average Bonchev–Trinajstić information content (AvgIpc) is 4.22. The second kappa shape index (κ2) is 19.0. The molecule has 0 aliphatic carbocycles. The summed E-state index contributed by atoms with van der Waals surface area (Å²) in [5.74, 6) is -0.176. The molecule has 5 atom stereocenters. The van der Waals surface area contributed by atoms with Crippen molar-refractivity contribution in [1.82, 2.24) is 39.9 Å². The molecule has 2 N–H and O–H groups in total. The number of carbonyl (C=O) groups excluding carboxylic acids is 4. The van der Waals surface area contributed by atoms with Gasteiger partial charge in [-0.2, -0.15) is 9.97 Å². The van der Waals surface area contributed by atoms with E-state index in [0.29, 0.717) is 60.2 Å². The molecule has 10 heterocycles. The number of alkyl halides is 1. The van der Waals surface area contributed by atoms with Crippen molar-refractivity contribution in [1.29, 1.82) is 0 Å². The minimum Gasteiger partial charge on any atom is -0.508 e. The molecular weight excluding hydrogens is 978 g/mol. The number of likely N-dealkylation sites (tertiary alicyclic amines) is 1. The van der Waals surface area contributed by atoms with E-state index in [1.54, 1.807) is 18.3 Å². The van der Waals surface area contributed by atoms with Crippen LogP contribution in [0.25, 0.3) is 32.9 Å². The molecule has 7 fully saturated rings. The van der Waals surface area contributed by atoms with Gasteiger partial charge in [0.2, 0.25) is 11.8 Å². The number of halogens is 3. The molecule has 3 aromatic carbocycles. The molecule has 8 aliphatic heterocycles. The maximum Gasteiger partial charge on any atom is 0.319 e. The van der Waals surface area contributed by atoms with Crippen LogP contribution in [0.5, 0.6) is 11.8 Å². The maximum atomic E-state index is 17.4. The second-order valence-electron chi connectivity index (χ2n) is 22.4. The highest BCUT2D eigenvalue weighted by atomic mass is 19.1. The number of benzene rings is 3. The summed E-state index contributed by atoms with van der Waals surface area (Å²) in [6.07, 6.45) is 14.8. The first-order valence-electron chi connectivity index (χ1n) is 27.0. The SMILES string of the molecule is C#Cc1c(F)ccc2cc(O)cc(-c3ncc4c(N5CC6CCC(C5)N6C5CCN(CC6CCN(c7ccc8c(c7)C(=O)N(C7CCC(=O)NC7=O)C8=O)CC6)CC5)nc(OC[C@@]56CCCN5C[C@H](F)C6)nc4c3F)c12. The van der Waals surface area contributed by atoms with Crippen LogP contribution in [0.3, 0.4) is 0 Å². The van der Waals surface area contributed by atoms with E-state index in [2.05, 4.69) is 40.7 Å². The summed E-state index contributed by atoms with van der Waals surface area (Å²) in [6.45, 7) is 7.32. The van der Waals surface area contributed by atoms with E-state index in [1.165, 1.54) is 24.3 Å². The predicted molar refractivity (Wildman–Crippen MR) is 277 cm³/mol. The molecule has 3 unspecified atom stereocenters. The monoisotopic (exact) mass is 1040 g/mol. The third-order valence-electron chi connectivity index (χ3n) is 18.1. The number of hydrogen-bond acceptors (Lipinski definition) is 14. The fourth-order valence-electron chi connectivity index (χ4n) is 14.4. The van der Waals surface area contributed by atoms with Crippen molar-refractivity contribution in [2.24, 2.45) is 5.92 Å². The van der Waals surface area contributed by atoms with Gasteiger partial charge in [0.25, 0.3) is 11.8 Å². The van der Waals surface area contributed by atoms with Crippen molar-refractivity contribution in [3.05, 3.63) is 77.0 Å². The third kappa shape index (κ3) is 8.29. The topological polar surface area (TPSA) is 168 Å². The van der Waals surface area contributed by atoms with Gasteiger partial charge < -0.3 is 24.5 Å². The summed E-state index contributed by atoms with van der Waals surface area (Å²) in [5.41, 5.74) is 0.855. The summed E-state index contributed by atoms with van der Waals surface area (Å²) in [5, 5.41) is 14.1. The summed E-state index contributed by atoms with van der Waals surface area (Å²) in [4.78, 5) is 78.4. The quantitative estimate of drug-likeness (QED) is 0.120. The maximum absolute atomic E-state index is 17.4. The zero-order chi connectivity index (χ0) is 52.1. The number of amides is 4. The second-order valence-corrected chi connectivity index (χ2v) is 22.4. The first kappa shape index (κ1) is 48.7. The molecule has 0 saturated carbocycles. The van der Waals surface area contributed by atoms with E-state index in [0.717, 1.165) is 101 Å². The number of piperazine rings is 1. The van der Waals surface area contributed by atoms with Crippen LogP contribution in [0.2, 0.25) is 0 Å². The lowest BCUT2D eigenvalue weighted by atomic mass is 9.93. The Morgan fingerprint density at radius 1 is 0.829 bits per heavy atom. The minimum atomic E-state index is -0.995. The van der Waals surface area contributed by atoms with Gasteiger partial charge >= 0.3 is 6.01 Å².